The van der Waals surface area contributed by atoms with Gasteiger partial charge in [-0.15, -0.1) is 0 Å². The molecule has 0 amide bonds. The molecule has 1 fully saturated rings. The van der Waals surface area contributed by atoms with Gasteiger partial charge >= 0.3 is 0 Å². The van der Waals surface area contributed by atoms with Crippen molar-refractivity contribution in [3.8, 4) is 0 Å². The van der Waals surface area contributed by atoms with Crippen LogP contribution in [0.4, 0.5) is 0 Å². The normalized spacial score (nSPS) is 18.1. The second-order valence-corrected chi connectivity index (χ2v) is 5.89. The van der Waals surface area contributed by atoms with Crippen molar-refractivity contribution < 1.29 is 9.84 Å². The second kappa shape index (κ2) is 8.71. The van der Waals surface area contributed by atoms with Gasteiger partial charge in [0, 0.05) is 37.7 Å². The lowest BCUT2D eigenvalue weighted by atomic mass is 10.2. The topological polar surface area (TPSA) is 35.9 Å². The summed E-state index contributed by atoms with van der Waals surface area (Å²) in [5.74, 6) is 0. The summed E-state index contributed by atoms with van der Waals surface area (Å²) in [6.07, 6.45) is -0.342. The highest BCUT2D eigenvalue weighted by Gasteiger charge is 2.17. The molecule has 1 aromatic carbocycles. The van der Waals surface area contributed by atoms with Gasteiger partial charge in [-0.25, -0.2) is 0 Å². The minimum absolute atomic E-state index is 0.342. The molecule has 5 heteroatoms. The van der Waals surface area contributed by atoms with Crippen molar-refractivity contribution in [2.45, 2.75) is 19.6 Å². The number of halogens is 1. The van der Waals surface area contributed by atoms with E-state index in [1.807, 2.05) is 24.3 Å². The SMILES string of the molecule is CCN(Cc1ccccc1Cl)CC(O)CN1CCOCC1. The number of ether oxygens (including phenoxy) is 1. The summed E-state index contributed by atoms with van der Waals surface area (Å²) in [5, 5.41) is 11.1. The van der Waals surface area contributed by atoms with E-state index < -0.39 is 0 Å². The average molecular weight is 313 g/mol. The standard InChI is InChI=1S/C16H25ClN2O2/c1-2-18(11-14-5-3-4-6-16(14)17)12-15(20)13-19-7-9-21-10-8-19/h3-6,15,20H,2,7-13H2,1H3. The lowest BCUT2D eigenvalue weighted by Crippen LogP contribution is -2.44. The van der Waals surface area contributed by atoms with Crippen LogP contribution in [0.25, 0.3) is 0 Å². The molecule has 0 aromatic heterocycles. The van der Waals surface area contributed by atoms with Crippen molar-refractivity contribution in [3.63, 3.8) is 0 Å². The zero-order chi connectivity index (χ0) is 15.1. The van der Waals surface area contributed by atoms with Crippen LogP contribution in [0.2, 0.25) is 5.02 Å². The van der Waals surface area contributed by atoms with Crippen molar-refractivity contribution >= 4 is 11.6 Å². The monoisotopic (exact) mass is 312 g/mol. The van der Waals surface area contributed by atoms with E-state index in [0.29, 0.717) is 13.1 Å². The Morgan fingerprint density at radius 2 is 2.05 bits per heavy atom. The summed E-state index contributed by atoms with van der Waals surface area (Å²) in [7, 11) is 0. The third-order valence-electron chi connectivity index (χ3n) is 3.84. The van der Waals surface area contributed by atoms with Crippen molar-refractivity contribution in [3.05, 3.63) is 34.9 Å². The van der Waals surface area contributed by atoms with Gasteiger partial charge in [-0.1, -0.05) is 36.7 Å². The van der Waals surface area contributed by atoms with Crippen LogP contribution < -0.4 is 0 Å². The van der Waals surface area contributed by atoms with E-state index in [1.165, 1.54) is 0 Å². The van der Waals surface area contributed by atoms with Gasteiger partial charge < -0.3 is 9.84 Å². The van der Waals surface area contributed by atoms with Crippen LogP contribution in [0, 0.1) is 0 Å². The van der Waals surface area contributed by atoms with Gasteiger partial charge in [0.15, 0.2) is 0 Å². The molecule has 1 heterocycles. The molecule has 0 aliphatic carbocycles. The Hall–Kier alpha value is -0.650. The van der Waals surface area contributed by atoms with E-state index in [4.69, 9.17) is 16.3 Å². The molecule has 0 radical (unpaired) electrons. The number of aliphatic hydroxyl groups excluding tert-OH is 1. The fraction of sp³-hybridized carbons (Fsp3) is 0.625. The molecule has 0 saturated carbocycles. The largest absolute Gasteiger partial charge is 0.390 e. The number of hydrogen-bond acceptors (Lipinski definition) is 4. The van der Waals surface area contributed by atoms with Gasteiger partial charge in [0.05, 0.1) is 19.3 Å². The van der Waals surface area contributed by atoms with E-state index in [0.717, 1.165) is 50.0 Å². The zero-order valence-electron chi connectivity index (χ0n) is 12.7. The number of aliphatic hydroxyl groups is 1. The highest BCUT2D eigenvalue weighted by Crippen LogP contribution is 2.17. The van der Waals surface area contributed by atoms with E-state index in [9.17, 15) is 5.11 Å². The van der Waals surface area contributed by atoms with E-state index >= 15 is 0 Å². The molecule has 4 nitrogen and oxygen atoms in total. The number of likely N-dealkylation sites (N-methyl/N-ethyl adjacent to an activating group) is 1. The first kappa shape index (κ1) is 16.7. The van der Waals surface area contributed by atoms with Gasteiger partial charge in [0.2, 0.25) is 0 Å². The average Bonchev–Trinajstić information content (AvgIpc) is 2.49. The summed E-state index contributed by atoms with van der Waals surface area (Å²) in [4.78, 5) is 4.49. The lowest BCUT2D eigenvalue weighted by molar-refractivity contribution is 0.00669. The number of morpholine rings is 1. The van der Waals surface area contributed by atoms with Gasteiger partial charge in [-0.05, 0) is 18.2 Å². The van der Waals surface area contributed by atoms with Gasteiger partial charge in [0.25, 0.3) is 0 Å². The number of rotatable bonds is 7. The molecule has 1 atom stereocenters. The number of hydrogen-bond donors (Lipinski definition) is 1. The van der Waals surface area contributed by atoms with Crippen molar-refractivity contribution in [2.75, 3.05) is 45.9 Å². The molecule has 1 aliphatic rings. The minimum atomic E-state index is -0.342. The first-order valence-electron chi connectivity index (χ1n) is 7.63. The molecular formula is C16H25ClN2O2. The Morgan fingerprint density at radius 1 is 1.33 bits per heavy atom. The predicted octanol–water partition coefficient (Wildman–Crippen LogP) is 1.85. The van der Waals surface area contributed by atoms with Crippen LogP contribution in [0.15, 0.2) is 24.3 Å². The van der Waals surface area contributed by atoms with Crippen LogP contribution >= 0.6 is 11.6 Å². The molecule has 1 N–H and O–H groups in total. The van der Waals surface area contributed by atoms with Crippen molar-refractivity contribution in [1.29, 1.82) is 0 Å². The summed E-state index contributed by atoms with van der Waals surface area (Å²) >= 11 is 6.21. The number of benzene rings is 1. The van der Waals surface area contributed by atoms with Crippen LogP contribution in [0.1, 0.15) is 12.5 Å². The molecule has 118 valence electrons. The molecule has 1 aromatic rings. The summed E-state index contributed by atoms with van der Waals surface area (Å²) in [6.45, 7) is 8.51. The molecule has 1 aliphatic heterocycles. The Morgan fingerprint density at radius 3 is 2.71 bits per heavy atom. The minimum Gasteiger partial charge on any atom is -0.390 e. The highest BCUT2D eigenvalue weighted by atomic mass is 35.5. The van der Waals surface area contributed by atoms with Crippen molar-refractivity contribution in [2.24, 2.45) is 0 Å². The van der Waals surface area contributed by atoms with E-state index in [-0.39, 0.29) is 6.10 Å². The summed E-state index contributed by atoms with van der Waals surface area (Å²) in [6, 6.07) is 7.89. The van der Waals surface area contributed by atoms with Crippen LogP contribution in [0.5, 0.6) is 0 Å². The zero-order valence-corrected chi connectivity index (χ0v) is 13.4. The first-order chi connectivity index (χ1) is 10.2. The molecular weight excluding hydrogens is 288 g/mol. The van der Waals surface area contributed by atoms with E-state index in [1.54, 1.807) is 0 Å². The third kappa shape index (κ3) is 5.57. The molecule has 21 heavy (non-hydrogen) atoms. The Balaban J connectivity index is 1.82. The maximum absolute atomic E-state index is 10.3. The fourth-order valence-corrected chi connectivity index (χ4v) is 2.81. The first-order valence-corrected chi connectivity index (χ1v) is 8.00. The molecule has 0 bridgehead atoms. The third-order valence-corrected chi connectivity index (χ3v) is 4.21. The number of β-amino-alcohol motifs (C(OH)–C–C–N with tert-alkyl or cyclic N) is 1. The van der Waals surface area contributed by atoms with Crippen molar-refractivity contribution in [1.82, 2.24) is 9.80 Å². The molecule has 1 saturated heterocycles. The maximum atomic E-state index is 10.3. The Bertz CT molecular complexity index is 424. The highest BCUT2D eigenvalue weighted by molar-refractivity contribution is 6.31. The maximum Gasteiger partial charge on any atom is 0.0793 e. The molecule has 0 spiro atoms. The fourth-order valence-electron chi connectivity index (χ4n) is 2.61. The Labute approximate surface area is 132 Å². The van der Waals surface area contributed by atoms with Crippen LogP contribution in [-0.2, 0) is 11.3 Å². The number of nitrogens with zero attached hydrogens (tertiary/aromatic N) is 2. The smallest absolute Gasteiger partial charge is 0.0793 e. The summed E-state index contributed by atoms with van der Waals surface area (Å²) in [5.41, 5.74) is 1.11. The van der Waals surface area contributed by atoms with Crippen LogP contribution in [0.3, 0.4) is 0 Å². The quantitative estimate of drug-likeness (QED) is 0.833. The molecule has 1 unspecified atom stereocenters. The van der Waals surface area contributed by atoms with Gasteiger partial charge in [-0.2, -0.15) is 0 Å². The summed E-state index contributed by atoms with van der Waals surface area (Å²) < 4.78 is 5.33. The second-order valence-electron chi connectivity index (χ2n) is 5.49. The van der Waals surface area contributed by atoms with Gasteiger partial charge in [0.1, 0.15) is 0 Å². The Kier molecular flexibility index (Phi) is 6.93. The van der Waals surface area contributed by atoms with Gasteiger partial charge in [-0.3, -0.25) is 9.80 Å². The van der Waals surface area contributed by atoms with Crippen LogP contribution in [-0.4, -0.2) is 66.9 Å². The lowest BCUT2D eigenvalue weighted by Gasteiger charge is -2.31. The van der Waals surface area contributed by atoms with E-state index in [2.05, 4.69) is 16.7 Å². The molecule has 2 rings (SSSR count). The predicted molar refractivity (Wildman–Crippen MR) is 85.7 cm³/mol.